The Bertz CT molecular complexity index is 511. The number of aliphatic hydroxyl groups is 1. The highest BCUT2D eigenvalue weighted by Gasteiger charge is 2.26. The molecule has 1 heterocycles. The Balaban J connectivity index is 1.85. The molecule has 5 heteroatoms. The number of hydrogen-bond acceptors (Lipinski definition) is 4. The first-order valence-corrected chi connectivity index (χ1v) is 8.35. The molecule has 23 heavy (non-hydrogen) atoms. The third kappa shape index (κ3) is 5.03. The van der Waals surface area contributed by atoms with Crippen molar-refractivity contribution >= 4 is 5.91 Å². The van der Waals surface area contributed by atoms with Crippen molar-refractivity contribution in [2.75, 3.05) is 26.2 Å². The first-order chi connectivity index (χ1) is 11.0. The van der Waals surface area contributed by atoms with Crippen LogP contribution >= 0.6 is 0 Å². The predicted molar refractivity (Wildman–Crippen MR) is 89.9 cm³/mol. The second kappa shape index (κ2) is 8.43. The summed E-state index contributed by atoms with van der Waals surface area (Å²) < 4.78 is 5.59. The van der Waals surface area contributed by atoms with Gasteiger partial charge in [-0.2, -0.15) is 0 Å². The van der Waals surface area contributed by atoms with Gasteiger partial charge in [0.25, 0.3) is 5.91 Å². The Hall–Kier alpha value is -1.43. The fourth-order valence-electron chi connectivity index (χ4n) is 2.96. The van der Waals surface area contributed by atoms with Crippen molar-refractivity contribution in [2.45, 2.75) is 46.1 Å². The summed E-state index contributed by atoms with van der Waals surface area (Å²) in [5.74, 6) is 0.0779. The maximum Gasteiger partial charge on any atom is 0.251 e. The first-order valence-electron chi connectivity index (χ1n) is 8.35. The molecule has 1 aromatic rings. The molecular weight excluding hydrogens is 292 g/mol. The Morgan fingerprint density at radius 1 is 1.13 bits per heavy atom. The molecule has 1 N–H and O–H groups in total. The minimum absolute atomic E-state index is 0.0604. The molecule has 1 saturated heterocycles. The maximum absolute atomic E-state index is 12.3. The lowest BCUT2D eigenvalue weighted by atomic mass is 10.1. The summed E-state index contributed by atoms with van der Waals surface area (Å²) in [5, 5.41) is 9.41. The number of carbonyl (C=O) groups excluding carboxylic acids is 1. The quantitative estimate of drug-likeness (QED) is 0.866. The molecule has 0 saturated carbocycles. The van der Waals surface area contributed by atoms with Crippen molar-refractivity contribution in [2.24, 2.45) is 0 Å². The molecule has 1 amide bonds. The molecule has 128 valence electrons. The van der Waals surface area contributed by atoms with Crippen molar-refractivity contribution in [3.8, 4) is 0 Å². The normalized spacial score (nSPS) is 17.5. The van der Waals surface area contributed by atoms with Gasteiger partial charge in [0.2, 0.25) is 0 Å². The van der Waals surface area contributed by atoms with Gasteiger partial charge in [0, 0.05) is 32.7 Å². The SMILES string of the molecule is CC(C)O[C@@H](C)C(=O)N1CCN(Cc2ccccc2CO)CC1. The van der Waals surface area contributed by atoms with E-state index >= 15 is 0 Å². The molecule has 0 radical (unpaired) electrons. The molecule has 0 spiro atoms. The topological polar surface area (TPSA) is 53.0 Å². The predicted octanol–water partition coefficient (Wildman–Crippen LogP) is 1.64. The lowest BCUT2D eigenvalue weighted by Gasteiger charge is -2.36. The third-order valence-corrected chi connectivity index (χ3v) is 4.19. The van der Waals surface area contributed by atoms with Crippen LogP contribution < -0.4 is 0 Å². The van der Waals surface area contributed by atoms with Crippen LogP contribution in [0.3, 0.4) is 0 Å². The van der Waals surface area contributed by atoms with Gasteiger partial charge in [-0.1, -0.05) is 24.3 Å². The van der Waals surface area contributed by atoms with E-state index in [1.165, 1.54) is 0 Å². The summed E-state index contributed by atoms with van der Waals surface area (Å²) in [6.45, 7) is 9.75. The molecule has 1 aliphatic rings. The van der Waals surface area contributed by atoms with Gasteiger partial charge < -0.3 is 14.7 Å². The van der Waals surface area contributed by atoms with Crippen LogP contribution in [-0.4, -0.2) is 59.2 Å². The van der Waals surface area contributed by atoms with Gasteiger partial charge in [-0.15, -0.1) is 0 Å². The van der Waals surface area contributed by atoms with E-state index in [9.17, 15) is 9.90 Å². The van der Waals surface area contributed by atoms with E-state index in [-0.39, 0.29) is 24.7 Å². The molecule has 0 unspecified atom stereocenters. The van der Waals surface area contributed by atoms with Crippen LogP contribution in [-0.2, 0) is 22.7 Å². The monoisotopic (exact) mass is 320 g/mol. The largest absolute Gasteiger partial charge is 0.392 e. The number of hydrogen-bond donors (Lipinski definition) is 1. The number of piperazine rings is 1. The van der Waals surface area contributed by atoms with Crippen molar-refractivity contribution in [3.05, 3.63) is 35.4 Å². The highest BCUT2D eigenvalue weighted by molar-refractivity contribution is 5.80. The number of ether oxygens (including phenoxy) is 1. The molecule has 5 nitrogen and oxygen atoms in total. The van der Waals surface area contributed by atoms with E-state index < -0.39 is 0 Å². The maximum atomic E-state index is 12.3. The molecular formula is C18H28N2O3. The number of amides is 1. The van der Waals surface area contributed by atoms with Gasteiger partial charge in [-0.3, -0.25) is 9.69 Å². The minimum atomic E-state index is -0.378. The summed E-state index contributed by atoms with van der Waals surface area (Å²) in [5.41, 5.74) is 2.14. The molecule has 0 bridgehead atoms. The van der Waals surface area contributed by atoms with E-state index in [4.69, 9.17) is 4.74 Å². The second-order valence-corrected chi connectivity index (χ2v) is 6.36. The summed E-state index contributed by atoms with van der Waals surface area (Å²) in [6, 6.07) is 7.96. The fraction of sp³-hybridized carbons (Fsp3) is 0.611. The Kier molecular flexibility index (Phi) is 6.57. The van der Waals surface area contributed by atoms with Crippen LogP contribution in [0.25, 0.3) is 0 Å². The van der Waals surface area contributed by atoms with E-state index in [0.717, 1.165) is 43.9 Å². The van der Waals surface area contributed by atoms with Gasteiger partial charge in [-0.05, 0) is 31.9 Å². The lowest BCUT2D eigenvalue weighted by Crippen LogP contribution is -2.51. The molecule has 0 aromatic heterocycles. The van der Waals surface area contributed by atoms with Crippen LogP contribution in [0.1, 0.15) is 31.9 Å². The van der Waals surface area contributed by atoms with E-state index in [0.29, 0.717) is 0 Å². The molecule has 1 atom stereocenters. The fourth-order valence-corrected chi connectivity index (χ4v) is 2.96. The average Bonchev–Trinajstić information content (AvgIpc) is 2.55. The highest BCUT2D eigenvalue weighted by Crippen LogP contribution is 2.14. The van der Waals surface area contributed by atoms with Gasteiger partial charge >= 0.3 is 0 Å². The zero-order valence-corrected chi connectivity index (χ0v) is 14.4. The Labute approximate surface area is 138 Å². The van der Waals surface area contributed by atoms with Crippen molar-refractivity contribution < 1.29 is 14.6 Å². The summed E-state index contributed by atoms with van der Waals surface area (Å²) in [7, 11) is 0. The Morgan fingerprint density at radius 2 is 1.74 bits per heavy atom. The third-order valence-electron chi connectivity index (χ3n) is 4.19. The van der Waals surface area contributed by atoms with Crippen molar-refractivity contribution in [1.82, 2.24) is 9.80 Å². The van der Waals surface area contributed by atoms with Crippen LogP contribution in [0.4, 0.5) is 0 Å². The van der Waals surface area contributed by atoms with Gasteiger partial charge in [0.15, 0.2) is 0 Å². The van der Waals surface area contributed by atoms with E-state index in [1.807, 2.05) is 43.9 Å². The first kappa shape index (κ1) is 17.9. The van der Waals surface area contributed by atoms with Crippen LogP contribution in [0.5, 0.6) is 0 Å². The number of carbonyl (C=O) groups is 1. The standard InChI is InChI=1S/C18H28N2O3/c1-14(2)23-15(3)18(22)20-10-8-19(9-11-20)12-16-6-4-5-7-17(16)13-21/h4-7,14-15,21H,8-13H2,1-3H3/t15-/m0/s1. The zero-order valence-electron chi connectivity index (χ0n) is 14.4. The van der Waals surface area contributed by atoms with Crippen molar-refractivity contribution in [1.29, 1.82) is 0 Å². The van der Waals surface area contributed by atoms with E-state index in [2.05, 4.69) is 11.0 Å². The lowest BCUT2D eigenvalue weighted by molar-refractivity contribution is -0.147. The highest BCUT2D eigenvalue weighted by atomic mass is 16.5. The van der Waals surface area contributed by atoms with Gasteiger partial charge in [0.1, 0.15) is 6.10 Å². The van der Waals surface area contributed by atoms with E-state index in [1.54, 1.807) is 0 Å². The summed E-state index contributed by atoms with van der Waals surface area (Å²) in [6.07, 6.45) is -0.318. The van der Waals surface area contributed by atoms with Gasteiger partial charge in [-0.25, -0.2) is 0 Å². The number of benzene rings is 1. The molecule has 2 rings (SSSR count). The van der Waals surface area contributed by atoms with Crippen LogP contribution in [0, 0.1) is 0 Å². The summed E-state index contributed by atoms with van der Waals surface area (Å²) in [4.78, 5) is 16.6. The van der Waals surface area contributed by atoms with Crippen molar-refractivity contribution in [3.63, 3.8) is 0 Å². The second-order valence-electron chi connectivity index (χ2n) is 6.36. The molecule has 1 fully saturated rings. The molecule has 1 aliphatic heterocycles. The molecule has 1 aromatic carbocycles. The average molecular weight is 320 g/mol. The number of aliphatic hydroxyl groups excluding tert-OH is 1. The van der Waals surface area contributed by atoms with Gasteiger partial charge in [0.05, 0.1) is 12.7 Å². The zero-order chi connectivity index (χ0) is 16.8. The smallest absolute Gasteiger partial charge is 0.251 e. The minimum Gasteiger partial charge on any atom is -0.392 e. The summed E-state index contributed by atoms with van der Waals surface area (Å²) >= 11 is 0. The number of nitrogens with zero attached hydrogens (tertiary/aromatic N) is 2. The van der Waals surface area contributed by atoms with Crippen LogP contribution in [0.2, 0.25) is 0 Å². The Morgan fingerprint density at radius 3 is 2.30 bits per heavy atom. The number of rotatable bonds is 6. The molecule has 0 aliphatic carbocycles. The van der Waals surface area contributed by atoms with Crippen LogP contribution in [0.15, 0.2) is 24.3 Å².